The van der Waals surface area contributed by atoms with Crippen LogP contribution < -0.4 is 0 Å². The van der Waals surface area contributed by atoms with E-state index in [1.54, 1.807) is 12.1 Å². The molecule has 0 unspecified atom stereocenters. The Kier molecular flexibility index (Phi) is 3.10. The van der Waals surface area contributed by atoms with Gasteiger partial charge < -0.3 is 9.67 Å². The van der Waals surface area contributed by atoms with Gasteiger partial charge in [0.15, 0.2) is 0 Å². The first kappa shape index (κ1) is 12.2. The molecule has 4 heteroatoms. The van der Waals surface area contributed by atoms with Crippen molar-refractivity contribution in [2.75, 3.05) is 0 Å². The molecule has 1 aromatic heterocycles. The summed E-state index contributed by atoms with van der Waals surface area (Å²) in [5, 5.41) is 18.5. The molecule has 4 nitrogen and oxygen atoms in total. The number of phenols is 1. The number of hydrogen-bond acceptors (Lipinski definition) is 3. The summed E-state index contributed by atoms with van der Waals surface area (Å²) < 4.78 is 2.02. The molecule has 0 saturated carbocycles. The fraction of sp³-hybridized carbons (Fsp3) is 0.125. The highest BCUT2D eigenvalue weighted by Crippen LogP contribution is 2.19. The molecule has 0 amide bonds. The molecule has 3 rings (SSSR count). The molecular weight excluding hydrogens is 250 g/mol. The van der Waals surface area contributed by atoms with E-state index in [2.05, 4.69) is 11.1 Å². The molecule has 0 spiro atoms. The molecule has 0 radical (unpaired) electrons. The van der Waals surface area contributed by atoms with Gasteiger partial charge >= 0.3 is 0 Å². The average Bonchev–Trinajstić information content (AvgIpc) is 2.78. The maximum absolute atomic E-state index is 9.55. The van der Waals surface area contributed by atoms with Crippen molar-refractivity contribution in [2.45, 2.75) is 13.0 Å². The third-order valence-corrected chi connectivity index (χ3v) is 3.22. The first-order valence-electron chi connectivity index (χ1n) is 6.37. The van der Waals surface area contributed by atoms with E-state index in [1.807, 2.05) is 41.0 Å². The standard InChI is InChI=1S/C16H13N3O/c17-9-8-16-18-14-6-1-2-7-15(14)19(16)11-12-4-3-5-13(20)10-12/h1-7,10,20H,8,11H2. The van der Waals surface area contributed by atoms with Gasteiger partial charge in [0.2, 0.25) is 0 Å². The number of nitrogens with zero attached hydrogens (tertiary/aromatic N) is 3. The van der Waals surface area contributed by atoms with Gasteiger partial charge in [-0.1, -0.05) is 24.3 Å². The van der Waals surface area contributed by atoms with Crippen molar-refractivity contribution in [1.82, 2.24) is 9.55 Å². The number of rotatable bonds is 3. The number of hydrogen-bond donors (Lipinski definition) is 1. The van der Waals surface area contributed by atoms with Crippen molar-refractivity contribution in [1.29, 1.82) is 5.26 Å². The van der Waals surface area contributed by atoms with Crippen LogP contribution in [-0.2, 0) is 13.0 Å². The van der Waals surface area contributed by atoms with Crippen LogP contribution in [0.3, 0.4) is 0 Å². The van der Waals surface area contributed by atoms with E-state index in [9.17, 15) is 5.11 Å². The van der Waals surface area contributed by atoms with Crippen LogP contribution in [0.5, 0.6) is 5.75 Å². The third kappa shape index (κ3) is 2.21. The van der Waals surface area contributed by atoms with Crippen molar-refractivity contribution in [3.63, 3.8) is 0 Å². The van der Waals surface area contributed by atoms with Gasteiger partial charge in [-0.15, -0.1) is 0 Å². The molecule has 1 N–H and O–H groups in total. The maximum Gasteiger partial charge on any atom is 0.124 e. The number of imidazole rings is 1. The lowest BCUT2D eigenvalue weighted by atomic mass is 10.2. The molecule has 0 aliphatic heterocycles. The lowest BCUT2D eigenvalue weighted by Gasteiger charge is -2.08. The van der Waals surface area contributed by atoms with E-state index in [0.29, 0.717) is 6.54 Å². The second kappa shape index (κ2) is 5.06. The molecule has 98 valence electrons. The largest absolute Gasteiger partial charge is 0.508 e. The van der Waals surface area contributed by atoms with Gasteiger partial charge in [0.05, 0.1) is 23.5 Å². The van der Waals surface area contributed by atoms with Crippen molar-refractivity contribution in [2.24, 2.45) is 0 Å². The van der Waals surface area contributed by atoms with E-state index in [4.69, 9.17) is 5.26 Å². The van der Waals surface area contributed by atoms with Crippen LogP contribution in [0.1, 0.15) is 11.4 Å². The highest BCUT2D eigenvalue weighted by Gasteiger charge is 2.10. The van der Waals surface area contributed by atoms with Crippen LogP contribution in [0, 0.1) is 11.3 Å². The fourth-order valence-corrected chi connectivity index (χ4v) is 2.34. The Morgan fingerprint density at radius 3 is 2.80 bits per heavy atom. The Labute approximate surface area is 116 Å². The SMILES string of the molecule is N#CCc1nc2ccccc2n1Cc1cccc(O)c1. The molecule has 0 saturated heterocycles. The van der Waals surface area contributed by atoms with Gasteiger partial charge in [-0.3, -0.25) is 0 Å². The number of benzene rings is 2. The van der Waals surface area contributed by atoms with Crippen LogP contribution in [-0.4, -0.2) is 14.7 Å². The topological polar surface area (TPSA) is 61.8 Å². The normalized spacial score (nSPS) is 10.6. The van der Waals surface area contributed by atoms with Gasteiger partial charge in [0.1, 0.15) is 11.6 Å². The smallest absolute Gasteiger partial charge is 0.124 e. The highest BCUT2D eigenvalue weighted by atomic mass is 16.3. The fourth-order valence-electron chi connectivity index (χ4n) is 2.34. The monoisotopic (exact) mass is 263 g/mol. The predicted octanol–water partition coefficient (Wildman–Crippen LogP) is 2.86. The van der Waals surface area contributed by atoms with Gasteiger partial charge in [-0.05, 0) is 29.8 Å². The van der Waals surface area contributed by atoms with Crippen molar-refractivity contribution >= 4 is 11.0 Å². The zero-order chi connectivity index (χ0) is 13.9. The van der Waals surface area contributed by atoms with Crippen molar-refractivity contribution < 1.29 is 5.11 Å². The Hall–Kier alpha value is -2.80. The van der Waals surface area contributed by atoms with Crippen LogP contribution >= 0.6 is 0 Å². The minimum Gasteiger partial charge on any atom is -0.508 e. The van der Waals surface area contributed by atoms with Gasteiger partial charge in [-0.2, -0.15) is 5.26 Å². The molecule has 3 aromatic rings. The van der Waals surface area contributed by atoms with E-state index >= 15 is 0 Å². The summed E-state index contributed by atoms with van der Waals surface area (Å²) in [4.78, 5) is 4.50. The number of phenolic OH excluding ortho intramolecular Hbond substituents is 1. The second-order valence-corrected chi connectivity index (χ2v) is 4.61. The Morgan fingerprint density at radius 1 is 1.15 bits per heavy atom. The minimum atomic E-state index is 0.244. The zero-order valence-corrected chi connectivity index (χ0v) is 10.8. The number of fused-ring (bicyclic) bond motifs is 1. The lowest BCUT2D eigenvalue weighted by Crippen LogP contribution is -2.04. The summed E-state index contributed by atoms with van der Waals surface area (Å²) in [5.74, 6) is 0.991. The molecule has 2 aromatic carbocycles. The lowest BCUT2D eigenvalue weighted by molar-refractivity contribution is 0.474. The van der Waals surface area contributed by atoms with Crippen LogP contribution in [0.15, 0.2) is 48.5 Å². The summed E-state index contributed by atoms with van der Waals surface area (Å²) in [6.07, 6.45) is 0.271. The summed E-state index contributed by atoms with van der Waals surface area (Å²) in [7, 11) is 0. The van der Waals surface area contributed by atoms with E-state index in [1.165, 1.54) is 0 Å². The zero-order valence-electron chi connectivity index (χ0n) is 10.8. The van der Waals surface area contributed by atoms with Crippen LogP contribution in [0.25, 0.3) is 11.0 Å². The number of aromatic nitrogens is 2. The van der Waals surface area contributed by atoms with Gasteiger partial charge in [0.25, 0.3) is 0 Å². The first-order valence-corrected chi connectivity index (χ1v) is 6.37. The molecule has 1 heterocycles. The molecule has 0 aliphatic carbocycles. The van der Waals surface area contributed by atoms with Crippen molar-refractivity contribution in [3.8, 4) is 11.8 Å². The summed E-state index contributed by atoms with van der Waals surface area (Å²) >= 11 is 0. The summed E-state index contributed by atoms with van der Waals surface area (Å²) in [5.41, 5.74) is 2.87. The Balaban J connectivity index is 2.09. The minimum absolute atomic E-state index is 0.244. The van der Waals surface area contributed by atoms with Crippen LogP contribution in [0.4, 0.5) is 0 Å². The van der Waals surface area contributed by atoms with E-state index < -0.39 is 0 Å². The quantitative estimate of drug-likeness (QED) is 0.790. The number of para-hydroxylation sites is 2. The number of nitriles is 1. The van der Waals surface area contributed by atoms with Gasteiger partial charge in [-0.25, -0.2) is 4.98 Å². The number of aromatic hydroxyl groups is 1. The Morgan fingerprint density at radius 2 is 2.00 bits per heavy atom. The molecule has 0 fully saturated rings. The second-order valence-electron chi connectivity index (χ2n) is 4.61. The predicted molar refractivity (Wildman–Crippen MR) is 76.3 cm³/mol. The molecular formula is C16H13N3O. The van der Waals surface area contributed by atoms with Crippen molar-refractivity contribution in [3.05, 3.63) is 59.9 Å². The van der Waals surface area contributed by atoms with E-state index in [0.717, 1.165) is 22.4 Å². The molecule has 20 heavy (non-hydrogen) atoms. The first-order chi connectivity index (χ1) is 9.78. The summed E-state index contributed by atoms with van der Waals surface area (Å²) in [6.45, 7) is 0.589. The summed E-state index contributed by atoms with van der Waals surface area (Å²) in [6, 6.07) is 17.1. The van der Waals surface area contributed by atoms with E-state index in [-0.39, 0.29) is 12.2 Å². The van der Waals surface area contributed by atoms with Gasteiger partial charge in [0, 0.05) is 6.54 Å². The third-order valence-electron chi connectivity index (χ3n) is 3.22. The molecule has 0 aliphatic rings. The highest BCUT2D eigenvalue weighted by molar-refractivity contribution is 5.76. The Bertz CT molecular complexity index is 799. The molecule has 0 atom stereocenters. The van der Waals surface area contributed by atoms with Crippen LogP contribution in [0.2, 0.25) is 0 Å². The average molecular weight is 263 g/mol. The maximum atomic E-state index is 9.55. The molecule has 0 bridgehead atoms.